The molecule has 0 aliphatic carbocycles. The van der Waals surface area contributed by atoms with Gasteiger partial charge >= 0.3 is 22.4 Å². The molecular weight excluding hydrogens is 240 g/mol. The number of ether oxygens (including phenoxy) is 1. The Morgan fingerprint density at radius 3 is 2.45 bits per heavy atom. The van der Waals surface area contributed by atoms with Gasteiger partial charge in [0.25, 0.3) is 6.16 Å². The van der Waals surface area contributed by atoms with Gasteiger partial charge in [-0.05, 0) is 6.42 Å². The Hall–Kier alpha value is 0.0103. The van der Waals surface area contributed by atoms with Crippen LogP contribution in [0.4, 0.5) is 4.79 Å². The second-order valence-corrected chi connectivity index (χ2v) is 2.16. The molecule has 0 heterocycles. The molecule has 0 atom stereocenters. The first-order valence-electron chi connectivity index (χ1n) is 3.61. The summed E-state index contributed by atoms with van der Waals surface area (Å²) in [5, 5.41) is 9.70. The quantitative estimate of drug-likeness (QED) is 0.416. The fourth-order valence-corrected chi connectivity index (χ4v) is 0.684. The topological polar surface area (TPSA) is 49.4 Å². The molecule has 0 aromatic heterocycles. The van der Waals surface area contributed by atoms with Crippen LogP contribution in [0.25, 0.3) is 0 Å². The largest absolute Gasteiger partial charge is 1.00 e. The van der Waals surface area contributed by atoms with Gasteiger partial charge in [-0.3, -0.25) is 0 Å². The molecule has 70 valence electrons. The summed E-state index contributed by atoms with van der Waals surface area (Å²) in [6, 6.07) is 0. The summed E-state index contributed by atoms with van der Waals surface area (Å²) in [5.41, 5.74) is 0. The predicted molar refractivity (Wildman–Crippen MR) is 35.5 cm³/mol. The van der Waals surface area contributed by atoms with Gasteiger partial charge in [-0.1, -0.05) is 26.2 Å². The molecule has 0 N–H and O–H groups in total. The molecule has 0 fully saturated rings. The minimum atomic E-state index is -1.42. The Morgan fingerprint density at radius 2 is 2.00 bits per heavy atom. The van der Waals surface area contributed by atoms with E-state index in [1.165, 1.54) is 0 Å². The number of rotatable bonds is 5. The summed E-state index contributed by atoms with van der Waals surface area (Å²) in [5.74, 6) is 0. The molecule has 0 bridgehead atoms. The Kier molecular flexibility index (Phi) is 12.4. The molecule has 0 aromatic carbocycles. The van der Waals surface area contributed by atoms with Crippen LogP contribution in [0.5, 0.6) is 0 Å². The van der Waals surface area contributed by atoms with E-state index in [1.807, 2.05) is 0 Å². The zero-order chi connectivity index (χ0) is 7.82. The average molecular weight is 253 g/mol. The van der Waals surface area contributed by atoms with Crippen molar-refractivity contribution in [3.05, 3.63) is 0 Å². The van der Waals surface area contributed by atoms with Gasteiger partial charge in [0.15, 0.2) is 0 Å². The SMILES string of the molecule is CCCCCCOC(=O)[O-].[Ag+]. The molecule has 0 aliphatic heterocycles. The number of carbonyl (C=O) groups excluding carboxylic acids is 1. The van der Waals surface area contributed by atoms with Gasteiger partial charge in [0, 0.05) is 6.61 Å². The van der Waals surface area contributed by atoms with Crippen LogP contribution < -0.4 is 5.11 Å². The molecule has 0 rings (SSSR count). The standard InChI is InChI=1S/C7H14O3.Ag/c1-2-3-4-5-6-10-7(8)9;/h2-6H2,1H3,(H,8,9);/q;+1/p-1. The summed E-state index contributed by atoms with van der Waals surface area (Å²) in [6.07, 6.45) is 2.70. The first-order chi connectivity index (χ1) is 4.77. The van der Waals surface area contributed by atoms with Crippen molar-refractivity contribution < 1.29 is 37.0 Å². The third kappa shape index (κ3) is 13.1. The second kappa shape index (κ2) is 10.0. The Labute approximate surface area is 82.6 Å². The van der Waals surface area contributed by atoms with Crippen molar-refractivity contribution in [3.63, 3.8) is 0 Å². The van der Waals surface area contributed by atoms with E-state index in [2.05, 4.69) is 11.7 Å². The fraction of sp³-hybridized carbons (Fsp3) is 0.857. The maximum absolute atomic E-state index is 9.70. The molecule has 11 heavy (non-hydrogen) atoms. The van der Waals surface area contributed by atoms with Gasteiger partial charge in [0.1, 0.15) is 0 Å². The number of hydrogen-bond donors (Lipinski definition) is 0. The molecule has 0 saturated heterocycles. The Balaban J connectivity index is 0. The number of hydrogen-bond acceptors (Lipinski definition) is 3. The monoisotopic (exact) mass is 252 g/mol. The van der Waals surface area contributed by atoms with Gasteiger partial charge < -0.3 is 14.6 Å². The summed E-state index contributed by atoms with van der Waals surface area (Å²) < 4.78 is 4.19. The van der Waals surface area contributed by atoms with Crippen molar-refractivity contribution in [1.82, 2.24) is 0 Å². The zero-order valence-corrected chi connectivity index (χ0v) is 8.04. The normalized spacial score (nSPS) is 8.45. The molecule has 0 spiro atoms. The van der Waals surface area contributed by atoms with E-state index in [1.54, 1.807) is 0 Å². The van der Waals surface area contributed by atoms with E-state index < -0.39 is 6.16 Å². The molecule has 4 heteroatoms. The van der Waals surface area contributed by atoms with Gasteiger partial charge in [-0.2, -0.15) is 0 Å². The van der Waals surface area contributed by atoms with Crippen LogP contribution >= 0.6 is 0 Å². The van der Waals surface area contributed by atoms with E-state index in [0.29, 0.717) is 0 Å². The maximum Gasteiger partial charge on any atom is 1.00 e. The van der Waals surface area contributed by atoms with Crippen LogP contribution in [0.15, 0.2) is 0 Å². The van der Waals surface area contributed by atoms with Crippen LogP contribution in [0, 0.1) is 0 Å². The van der Waals surface area contributed by atoms with Gasteiger partial charge in [-0.15, -0.1) is 0 Å². The van der Waals surface area contributed by atoms with Crippen LogP contribution in [0.1, 0.15) is 32.6 Å². The van der Waals surface area contributed by atoms with Crippen molar-refractivity contribution >= 4 is 6.16 Å². The van der Waals surface area contributed by atoms with E-state index in [9.17, 15) is 9.90 Å². The van der Waals surface area contributed by atoms with Crippen molar-refractivity contribution in [2.75, 3.05) is 6.61 Å². The third-order valence-corrected chi connectivity index (χ3v) is 1.22. The summed E-state index contributed by atoms with van der Waals surface area (Å²) in [4.78, 5) is 9.70. The summed E-state index contributed by atoms with van der Waals surface area (Å²) in [7, 11) is 0. The van der Waals surface area contributed by atoms with Gasteiger partial charge in [-0.25, -0.2) is 0 Å². The second-order valence-electron chi connectivity index (χ2n) is 2.16. The minimum absolute atomic E-state index is 0. The molecular formula is C7H13AgO3. The van der Waals surface area contributed by atoms with Crippen LogP contribution in [-0.4, -0.2) is 12.8 Å². The number of carbonyl (C=O) groups is 1. The fourth-order valence-electron chi connectivity index (χ4n) is 0.684. The van der Waals surface area contributed by atoms with Crippen molar-refractivity contribution in [2.45, 2.75) is 32.6 Å². The number of carboxylic acid groups (broad SMARTS) is 1. The molecule has 0 amide bonds. The molecule has 0 aromatic rings. The minimum Gasteiger partial charge on any atom is -0.550 e. The first-order valence-corrected chi connectivity index (χ1v) is 3.61. The van der Waals surface area contributed by atoms with Gasteiger partial charge in [0.05, 0.1) is 0 Å². The molecule has 3 nitrogen and oxygen atoms in total. The Morgan fingerprint density at radius 1 is 1.36 bits per heavy atom. The number of unbranched alkanes of at least 4 members (excludes halogenated alkanes) is 3. The smallest absolute Gasteiger partial charge is 0.550 e. The maximum atomic E-state index is 9.70. The molecule has 0 unspecified atom stereocenters. The van der Waals surface area contributed by atoms with E-state index >= 15 is 0 Å². The average Bonchev–Trinajstić information content (AvgIpc) is 1.87. The van der Waals surface area contributed by atoms with Gasteiger partial charge in [0.2, 0.25) is 0 Å². The van der Waals surface area contributed by atoms with Crippen LogP contribution in [-0.2, 0) is 27.1 Å². The third-order valence-electron chi connectivity index (χ3n) is 1.22. The van der Waals surface area contributed by atoms with Crippen LogP contribution in [0.3, 0.4) is 0 Å². The van der Waals surface area contributed by atoms with Crippen molar-refractivity contribution in [3.8, 4) is 0 Å². The molecule has 0 saturated carbocycles. The Bertz CT molecular complexity index is 95.7. The summed E-state index contributed by atoms with van der Waals surface area (Å²) >= 11 is 0. The van der Waals surface area contributed by atoms with Crippen molar-refractivity contribution in [2.24, 2.45) is 0 Å². The van der Waals surface area contributed by atoms with E-state index in [0.717, 1.165) is 25.7 Å². The van der Waals surface area contributed by atoms with E-state index in [4.69, 9.17) is 0 Å². The summed E-state index contributed by atoms with van der Waals surface area (Å²) in [6.45, 7) is 2.38. The van der Waals surface area contributed by atoms with E-state index in [-0.39, 0.29) is 29.0 Å². The molecule has 0 radical (unpaired) electrons. The zero-order valence-electron chi connectivity index (χ0n) is 6.56. The predicted octanol–water partition coefficient (Wildman–Crippen LogP) is 0.924. The first kappa shape index (κ1) is 13.6. The van der Waals surface area contributed by atoms with Crippen LogP contribution in [0.2, 0.25) is 0 Å². The molecule has 0 aliphatic rings. The van der Waals surface area contributed by atoms with Crippen molar-refractivity contribution in [1.29, 1.82) is 0 Å².